The van der Waals surface area contributed by atoms with E-state index in [1.54, 1.807) is 24.3 Å². The molecule has 7 heteroatoms. The third-order valence-electron chi connectivity index (χ3n) is 5.32. The number of hydrogen-bond donors (Lipinski definition) is 1. The molecule has 2 aromatic carbocycles. The molecule has 1 aromatic heterocycles. The first-order valence-corrected chi connectivity index (χ1v) is 10.8. The number of hydrogen-bond acceptors (Lipinski definition) is 3. The van der Waals surface area contributed by atoms with E-state index < -0.39 is 5.76 Å². The van der Waals surface area contributed by atoms with Crippen molar-refractivity contribution < 1.29 is 13.6 Å². The van der Waals surface area contributed by atoms with Crippen LogP contribution in [0.1, 0.15) is 29.2 Å². The molecule has 4 nitrogen and oxygen atoms in total. The van der Waals surface area contributed by atoms with Crippen molar-refractivity contribution in [2.75, 3.05) is 18.4 Å². The number of amides is 1. The van der Waals surface area contributed by atoms with E-state index in [0.717, 1.165) is 31.6 Å². The lowest BCUT2D eigenvalue weighted by Crippen LogP contribution is -2.39. The quantitative estimate of drug-likeness (QED) is 0.489. The minimum atomic E-state index is -2.44. The normalized spacial score (nSPS) is 14.8. The van der Waals surface area contributed by atoms with Crippen LogP contribution in [0.5, 0.6) is 0 Å². The Balaban J connectivity index is 1.43. The highest BCUT2D eigenvalue weighted by Gasteiger charge is 2.25. The zero-order valence-electron chi connectivity index (χ0n) is 16.4. The number of para-hydroxylation sites is 1. The molecule has 4 rings (SSSR count). The van der Waals surface area contributed by atoms with Gasteiger partial charge in [0.05, 0.1) is 11.3 Å². The molecule has 0 spiro atoms. The van der Waals surface area contributed by atoms with Crippen LogP contribution in [0.25, 0.3) is 0 Å². The monoisotopic (exact) mass is 427 g/mol. The largest absolute Gasteiger partial charge is 0.355 e. The van der Waals surface area contributed by atoms with Crippen LogP contribution in [0.4, 0.5) is 20.2 Å². The molecule has 0 atom stereocenters. The molecule has 2 heterocycles. The van der Waals surface area contributed by atoms with Gasteiger partial charge in [0.15, 0.2) is 0 Å². The summed E-state index contributed by atoms with van der Waals surface area (Å²) in [6.07, 6.45) is 6.01. The van der Waals surface area contributed by atoms with E-state index in [1.165, 1.54) is 0 Å². The number of halogens is 2. The Bertz CT molecular complexity index is 968. The Labute approximate surface area is 178 Å². The van der Waals surface area contributed by atoms with Gasteiger partial charge in [-0.1, -0.05) is 23.9 Å². The van der Waals surface area contributed by atoms with Crippen molar-refractivity contribution in [2.45, 2.75) is 29.5 Å². The number of alkyl halides is 2. The van der Waals surface area contributed by atoms with Crippen LogP contribution >= 0.6 is 11.8 Å². The Morgan fingerprint density at radius 2 is 1.63 bits per heavy atom. The van der Waals surface area contributed by atoms with Gasteiger partial charge in [0.2, 0.25) is 0 Å². The lowest BCUT2D eigenvalue weighted by molar-refractivity contribution is 0.0695. The number of aromatic nitrogens is 1. The summed E-state index contributed by atoms with van der Waals surface area (Å²) < 4.78 is 27.2. The van der Waals surface area contributed by atoms with E-state index in [1.807, 2.05) is 41.3 Å². The standard InChI is InChI=1S/C23H23F2N3OS/c24-23(25)30-19-9-7-17(8-10-19)26-21-6-2-1-5-20(21)22(29)28-15-11-18(12-16-28)27-13-3-4-14-27/h1-10,13-14,18,23,26H,11-12,15-16H2. The van der Waals surface area contributed by atoms with Crippen molar-refractivity contribution in [2.24, 2.45) is 0 Å². The first-order chi connectivity index (χ1) is 14.6. The average Bonchev–Trinajstić information content (AvgIpc) is 3.30. The molecule has 0 aliphatic carbocycles. The highest BCUT2D eigenvalue weighted by atomic mass is 32.2. The number of nitrogens with zero attached hydrogens (tertiary/aromatic N) is 2. The molecule has 0 unspecified atom stereocenters. The zero-order chi connectivity index (χ0) is 20.9. The molecule has 30 heavy (non-hydrogen) atoms. The summed E-state index contributed by atoms with van der Waals surface area (Å²) in [4.78, 5) is 15.6. The van der Waals surface area contributed by atoms with Gasteiger partial charge in [0.1, 0.15) is 0 Å². The molecule has 1 aliphatic rings. The van der Waals surface area contributed by atoms with E-state index in [2.05, 4.69) is 22.3 Å². The van der Waals surface area contributed by atoms with Crippen molar-refractivity contribution in [3.05, 3.63) is 78.6 Å². The van der Waals surface area contributed by atoms with Crippen LogP contribution in [0.2, 0.25) is 0 Å². The van der Waals surface area contributed by atoms with Crippen LogP contribution in [-0.4, -0.2) is 34.2 Å². The SMILES string of the molecule is O=C(c1ccccc1Nc1ccc(SC(F)F)cc1)N1CCC(n2cccc2)CC1. The summed E-state index contributed by atoms with van der Waals surface area (Å²) in [5, 5.41) is 3.26. The predicted molar refractivity (Wildman–Crippen MR) is 117 cm³/mol. The maximum Gasteiger partial charge on any atom is 0.288 e. The Kier molecular flexibility index (Phi) is 6.38. The van der Waals surface area contributed by atoms with Crippen molar-refractivity contribution in [3.63, 3.8) is 0 Å². The lowest BCUT2D eigenvalue weighted by Gasteiger charge is -2.33. The summed E-state index contributed by atoms with van der Waals surface area (Å²) in [5.41, 5.74) is 2.08. The second kappa shape index (κ2) is 9.34. The highest BCUT2D eigenvalue weighted by molar-refractivity contribution is 7.99. The molecule has 156 valence electrons. The number of benzene rings is 2. The highest BCUT2D eigenvalue weighted by Crippen LogP contribution is 2.29. The fraction of sp³-hybridized carbons (Fsp3) is 0.261. The molecular weight excluding hydrogens is 404 g/mol. The van der Waals surface area contributed by atoms with E-state index >= 15 is 0 Å². The van der Waals surface area contributed by atoms with E-state index in [9.17, 15) is 13.6 Å². The number of carbonyl (C=O) groups is 1. The number of likely N-dealkylation sites (tertiary alicyclic amines) is 1. The van der Waals surface area contributed by atoms with Gasteiger partial charge in [-0.15, -0.1) is 0 Å². The summed E-state index contributed by atoms with van der Waals surface area (Å²) in [7, 11) is 0. The van der Waals surface area contributed by atoms with Crippen LogP contribution in [-0.2, 0) is 0 Å². The molecule has 1 saturated heterocycles. The fourth-order valence-corrected chi connectivity index (χ4v) is 4.28. The minimum absolute atomic E-state index is 0.00827. The van der Waals surface area contributed by atoms with Gasteiger partial charge >= 0.3 is 0 Å². The van der Waals surface area contributed by atoms with Crippen molar-refractivity contribution in [1.29, 1.82) is 0 Å². The van der Waals surface area contributed by atoms with Crippen molar-refractivity contribution in [1.82, 2.24) is 9.47 Å². The Morgan fingerprint density at radius 3 is 2.30 bits per heavy atom. The van der Waals surface area contributed by atoms with Gasteiger partial charge in [0, 0.05) is 42.1 Å². The molecule has 1 N–H and O–H groups in total. The number of nitrogens with one attached hydrogen (secondary N) is 1. The van der Waals surface area contributed by atoms with Gasteiger partial charge in [-0.3, -0.25) is 4.79 Å². The second-order valence-corrected chi connectivity index (χ2v) is 8.29. The fourth-order valence-electron chi connectivity index (χ4n) is 3.78. The minimum Gasteiger partial charge on any atom is -0.355 e. The van der Waals surface area contributed by atoms with Gasteiger partial charge in [-0.05, 0) is 61.4 Å². The predicted octanol–water partition coefficient (Wildman–Crippen LogP) is 6.02. The van der Waals surface area contributed by atoms with Gasteiger partial charge < -0.3 is 14.8 Å². The van der Waals surface area contributed by atoms with Gasteiger partial charge in [-0.25, -0.2) is 0 Å². The zero-order valence-corrected chi connectivity index (χ0v) is 17.2. The molecule has 0 radical (unpaired) electrons. The number of anilines is 2. The summed E-state index contributed by atoms with van der Waals surface area (Å²) in [6.45, 7) is 1.44. The van der Waals surface area contributed by atoms with Crippen LogP contribution in [0.3, 0.4) is 0 Å². The van der Waals surface area contributed by atoms with Gasteiger partial charge in [-0.2, -0.15) is 8.78 Å². The lowest BCUT2D eigenvalue weighted by atomic mass is 10.0. The maximum absolute atomic E-state index is 13.2. The number of piperidine rings is 1. The van der Waals surface area contributed by atoms with Crippen LogP contribution in [0, 0.1) is 0 Å². The molecular formula is C23H23F2N3OS. The first-order valence-electron chi connectivity index (χ1n) is 9.93. The molecule has 1 amide bonds. The van der Waals surface area contributed by atoms with Crippen LogP contribution < -0.4 is 5.32 Å². The molecule has 0 bridgehead atoms. The average molecular weight is 428 g/mol. The second-order valence-electron chi connectivity index (χ2n) is 7.23. The summed E-state index contributed by atoms with van der Waals surface area (Å²) in [6, 6.07) is 18.7. The molecule has 0 saturated carbocycles. The smallest absolute Gasteiger partial charge is 0.288 e. The van der Waals surface area contributed by atoms with E-state index in [-0.39, 0.29) is 5.91 Å². The number of rotatable bonds is 6. The van der Waals surface area contributed by atoms with E-state index in [4.69, 9.17) is 0 Å². The molecule has 3 aromatic rings. The third kappa shape index (κ3) is 4.84. The summed E-state index contributed by atoms with van der Waals surface area (Å²) in [5.74, 6) is -2.43. The van der Waals surface area contributed by atoms with Crippen molar-refractivity contribution >= 4 is 29.0 Å². The third-order valence-corrected chi connectivity index (χ3v) is 6.04. The number of thioether (sulfide) groups is 1. The molecule has 1 fully saturated rings. The first kappa shape index (κ1) is 20.5. The summed E-state index contributed by atoms with van der Waals surface area (Å²) >= 11 is 0.516. The van der Waals surface area contributed by atoms with E-state index in [0.29, 0.717) is 34.0 Å². The molecule has 1 aliphatic heterocycles. The Hall–Kier alpha value is -2.80. The number of carbonyl (C=O) groups excluding carboxylic acids is 1. The Morgan fingerprint density at radius 1 is 0.967 bits per heavy atom. The van der Waals surface area contributed by atoms with Crippen LogP contribution in [0.15, 0.2) is 78.0 Å². The topological polar surface area (TPSA) is 37.3 Å². The van der Waals surface area contributed by atoms with Gasteiger partial charge in [0.25, 0.3) is 11.7 Å². The van der Waals surface area contributed by atoms with Crippen molar-refractivity contribution in [3.8, 4) is 0 Å². The maximum atomic E-state index is 13.2.